The molecule has 7 nitrogen and oxygen atoms in total. The molecule has 0 amide bonds. The molecule has 130 valence electrons. The van der Waals surface area contributed by atoms with E-state index in [9.17, 15) is 8.42 Å². The van der Waals surface area contributed by atoms with Crippen molar-refractivity contribution in [2.75, 3.05) is 18.1 Å². The number of sulfone groups is 1. The molecule has 0 saturated carbocycles. The van der Waals surface area contributed by atoms with E-state index in [1.807, 2.05) is 23.7 Å². The molecule has 9 heteroatoms. The van der Waals surface area contributed by atoms with E-state index < -0.39 is 9.84 Å². The zero-order chi connectivity index (χ0) is 17.3. The fourth-order valence-corrected chi connectivity index (χ4v) is 5.20. The van der Waals surface area contributed by atoms with Gasteiger partial charge in [0.15, 0.2) is 22.3 Å². The van der Waals surface area contributed by atoms with Gasteiger partial charge >= 0.3 is 0 Å². The molecule has 3 heterocycles. The summed E-state index contributed by atoms with van der Waals surface area (Å²) in [6.45, 7) is 3.48. The van der Waals surface area contributed by atoms with Crippen LogP contribution in [-0.2, 0) is 23.6 Å². The fourth-order valence-electron chi connectivity index (χ4n) is 3.18. The van der Waals surface area contributed by atoms with Crippen molar-refractivity contribution in [3.63, 3.8) is 0 Å². The molecule has 1 unspecified atom stereocenters. The molecule has 2 atom stereocenters. The molecule has 1 aliphatic heterocycles. The van der Waals surface area contributed by atoms with E-state index in [0.29, 0.717) is 17.9 Å². The summed E-state index contributed by atoms with van der Waals surface area (Å²) >= 11 is 5.52. The van der Waals surface area contributed by atoms with Gasteiger partial charge in [-0.1, -0.05) is 0 Å². The van der Waals surface area contributed by atoms with Crippen LogP contribution in [0.15, 0.2) is 24.5 Å². The van der Waals surface area contributed by atoms with Gasteiger partial charge in [-0.05, 0) is 31.3 Å². The Labute approximate surface area is 146 Å². The third-order valence-electron chi connectivity index (χ3n) is 4.60. The summed E-state index contributed by atoms with van der Waals surface area (Å²) in [5, 5.41) is 4.65. The summed E-state index contributed by atoms with van der Waals surface area (Å²) in [6, 6.07) is 3.92. The summed E-state index contributed by atoms with van der Waals surface area (Å²) in [6.07, 6.45) is 4.16. The maximum Gasteiger partial charge on any atom is 0.202 e. The SMILES string of the molecule is CC[NH+](Cn1nc(-c2ccncc2)n(C)c1=S)[C@@H]1CCS(=O)(=O)C1. The Morgan fingerprint density at radius 1 is 1.38 bits per heavy atom. The number of aromatic nitrogens is 4. The van der Waals surface area contributed by atoms with Gasteiger partial charge in [0, 0.05) is 31.4 Å². The molecule has 0 aliphatic carbocycles. The van der Waals surface area contributed by atoms with Crippen molar-refractivity contribution in [2.45, 2.75) is 26.1 Å². The zero-order valence-electron chi connectivity index (χ0n) is 13.8. The van der Waals surface area contributed by atoms with Crippen LogP contribution < -0.4 is 4.90 Å². The molecule has 0 radical (unpaired) electrons. The first-order valence-electron chi connectivity index (χ1n) is 8.00. The van der Waals surface area contributed by atoms with Crippen molar-refractivity contribution in [2.24, 2.45) is 7.05 Å². The third-order valence-corrected chi connectivity index (χ3v) is 6.85. The minimum Gasteiger partial charge on any atom is -0.313 e. The molecule has 0 spiro atoms. The average Bonchev–Trinajstić information content (AvgIpc) is 3.07. The Kier molecular flexibility index (Phi) is 4.84. The lowest BCUT2D eigenvalue weighted by molar-refractivity contribution is -0.943. The molecular formula is C15H22N5O2S2+. The second-order valence-corrected chi connectivity index (χ2v) is 8.76. The Hall–Kier alpha value is -1.58. The van der Waals surface area contributed by atoms with Crippen molar-refractivity contribution in [3.05, 3.63) is 29.3 Å². The van der Waals surface area contributed by atoms with Crippen molar-refractivity contribution >= 4 is 22.1 Å². The highest BCUT2D eigenvalue weighted by Crippen LogP contribution is 2.15. The second kappa shape index (κ2) is 6.73. The van der Waals surface area contributed by atoms with Crippen LogP contribution in [0.2, 0.25) is 0 Å². The molecule has 1 aliphatic rings. The third kappa shape index (κ3) is 3.42. The van der Waals surface area contributed by atoms with Gasteiger partial charge in [0.2, 0.25) is 4.77 Å². The van der Waals surface area contributed by atoms with Crippen molar-refractivity contribution < 1.29 is 13.3 Å². The minimum absolute atomic E-state index is 0.119. The molecule has 0 bridgehead atoms. The molecule has 2 aromatic rings. The Bertz CT molecular complexity index is 873. The molecule has 24 heavy (non-hydrogen) atoms. The van der Waals surface area contributed by atoms with E-state index >= 15 is 0 Å². The molecule has 0 aromatic carbocycles. The van der Waals surface area contributed by atoms with E-state index in [1.54, 1.807) is 17.1 Å². The Morgan fingerprint density at radius 2 is 2.08 bits per heavy atom. The van der Waals surface area contributed by atoms with Gasteiger partial charge < -0.3 is 9.47 Å². The number of quaternary nitrogens is 1. The van der Waals surface area contributed by atoms with Gasteiger partial charge in [-0.2, -0.15) is 4.68 Å². The number of hydrogen-bond acceptors (Lipinski definition) is 5. The summed E-state index contributed by atoms with van der Waals surface area (Å²) < 4.78 is 27.8. The first kappa shape index (κ1) is 17.2. The van der Waals surface area contributed by atoms with E-state index in [1.165, 1.54) is 4.90 Å². The van der Waals surface area contributed by atoms with E-state index in [0.717, 1.165) is 17.9 Å². The van der Waals surface area contributed by atoms with Crippen LogP contribution in [-0.4, -0.2) is 51.8 Å². The van der Waals surface area contributed by atoms with Crippen molar-refractivity contribution in [1.29, 1.82) is 0 Å². The van der Waals surface area contributed by atoms with E-state index in [2.05, 4.69) is 17.0 Å². The quantitative estimate of drug-likeness (QED) is 0.756. The highest BCUT2D eigenvalue weighted by molar-refractivity contribution is 7.91. The number of nitrogens with one attached hydrogen (secondary N) is 1. The normalized spacial score (nSPS) is 21.0. The summed E-state index contributed by atoms with van der Waals surface area (Å²) in [4.78, 5) is 5.23. The predicted molar refractivity (Wildman–Crippen MR) is 93.8 cm³/mol. The average molecular weight is 369 g/mol. The highest BCUT2D eigenvalue weighted by atomic mass is 32.2. The van der Waals surface area contributed by atoms with Crippen LogP contribution in [0.1, 0.15) is 13.3 Å². The van der Waals surface area contributed by atoms with E-state index in [4.69, 9.17) is 12.2 Å². The van der Waals surface area contributed by atoms with Crippen molar-refractivity contribution in [3.8, 4) is 11.4 Å². The molecule has 1 N–H and O–H groups in total. The van der Waals surface area contributed by atoms with Crippen LogP contribution in [0.25, 0.3) is 11.4 Å². The Balaban J connectivity index is 1.86. The van der Waals surface area contributed by atoms with Gasteiger partial charge in [0.25, 0.3) is 0 Å². The Morgan fingerprint density at radius 3 is 2.67 bits per heavy atom. The number of rotatable bonds is 5. The number of pyridine rings is 1. The first-order chi connectivity index (χ1) is 11.4. The van der Waals surface area contributed by atoms with Gasteiger partial charge in [0.1, 0.15) is 11.8 Å². The zero-order valence-corrected chi connectivity index (χ0v) is 15.5. The van der Waals surface area contributed by atoms with E-state index in [-0.39, 0.29) is 17.5 Å². The maximum absolute atomic E-state index is 11.8. The van der Waals surface area contributed by atoms with Gasteiger partial charge in [-0.25, -0.2) is 8.42 Å². The summed E-state index contributed by atoms with van der Waals surface area (Å²) in [7, 11) is -0.992. The van der Waals surface area contributed by atoms with Gasteiger partial charge in [-0.3, -0.25) is 4.98 Å². The van der Waals surface area contributed by atoms with Crippen LogP contribution in [0.4, 0.5) is 0 Å². The van der Waals surface area contributed by atoms with Crippen LogP contribution in [0.3, 0.4) is 0 Å². The molecular weight excluding hydrogens is 346 g/mol. The lowest BCUT2D eigenvalue weighted by atomic mass is 10.2. The number of hydrogen-bond donors (Lipinski definition) is 1. The monoisotopic (exact) mass is 368 g/mol. The fraction of sp³-hybridized carbons (Fsp3) is 0.533. The first-order valence-corrected chi connectivity index (χ1v) is 10.2. The predicted octanol–water partition coefficient (Wildman–Crippen LogP) is 0.0625. The van der Waals surface area contributed by atoms with Crippen LogP contribution in [0, 0.1) is 4.77 Å². The summed E-state index contributed by atoms with van der Waals surface area (Å²) in [5.74, 6) is 1.34. The smallest absolute Gasteiger partial charge is 0.202 e. The maximum atomic E-state index is 11.8. The molecule has 1 fully saturated rings. The standard InChI is InChI=1S/C15H21N5O2S2/c1-3-19(13-6-9-24(21,22)10-13)11-20-15(23)18(2)14(17-20)12-4-7-16-8-5-12/h4-5,7-8,13H,3,6,9-11H2,1-2H3/p+1/t13-/m1/s1. The van der Waals surface area contributed by atoms with Crippen molar-refractivity contribution in [1.82, 2.24) is 19.3 Å². The minimum atomic E-state index is -2.89. The second-order valence-electron chi connectivity index (χ2n) is 6.17. The summed E-state index contributed by atoms with van der Waals surface area (Å²) in [5.41, 5.74) is 0.957. The van der Waals surface area contributed by atoms with Gasteiger partial charge in [0.05, 0.1) is 12.3 Å². The lowest BCUT2D eigenvalue weighted by Crippen LogP contribution is -3.15. The molecule has 2 aromatic heterocycles. The molecule has 1 saturated heterocycles. The lowest BCUT2D eigenvalue weighted by Gasteiger charge is -2.22. The van der Waals surface area contributed by atoms with Crippen LogP contribution >= 0.6 is 12.2 Å². The number of nitrogens with zero attached hydrogens (tertiary/aromatic N) is 4. The largest absolute Gasteiger partial charge is 0.313 e. The molecule has 3 rings (SSSR count). The topological polar surface area (TPSA) is 74.2 Å². The van der Waals surface area contributed by atoms with Crippen LogP contribution in [0.5, 0.6) is 0 Å². The van der Waals surface area contributed by atoms with Gasteiger partial charge in [-0.15, -0.1) is 5.10 Å². The highest BCUT2D eigenvalue weighted by Gasteiger charge is 2.35.